The second kappa shape index (κ2) is 13.2. The highest BCUT2D eigenvalue weighted by molar-refractivity contribution is 5.83. The van der Waals surface area contributed by atoms with E-state index in [1.54, 1.807) is 7.11 Å². The van der Waals surface area contributed by atoms with E-state index >= 15 is 0 Å². The number of benzene rings is 4. The number of rotatable bonds is 12. The molecule has 0 amide bonds. The Hall–Kier alpha value is -3.74. The van der Waals surface area contributed by atoms with Gasteiger partial charge in [0.15, 0.2) is 0 Å². The Morgan fingerprint density at radius 1 is 0.816 bits per heavy atom. The van der Waals surface area contributed by atoms with Crippen LogP contribution >= 0.6 is 0 Å². The second-order valence-corrected chi connectivity index (χ2v) is 9.43. The van der Waals surface area contributed by atoms with Crippen LogP contribution in [-0.4, -0.2) is 52.6 Å². The number of hydrogen-bond acceptors (Lipinski definition) is 6. The molecule has 0 spiro atoms. The summed E-state index contributed by atoms with van der Waals surface area (Å²) in [6.45, 7) is 5.19. The van der Waals surface area contributed by atoms with Crippen LogP contribution in [0.3, 0.4) is 0 Å². The standard InChI is InChI=1S/C32H36N2O4/c1-35-32-10-5-4-9-27(32)23-36-19-6-20-37-30-15-12-28(13-16-30)34-18-17-33-22-29(34)24-38-31-14-11-25-7-2-3-8-26(25)21-31/h2-5,7-16,21,29,33H,6,17-20,22-24H2,1H3/t29-/m1/s1. The fraction of sp³-hybridized carbons (Fsp3) is 0.312. The number of ether oxygens (including phenoxy) is 4. The molecule has 4 aromatic carbocycles. The van der Waals surface area contributed by atoms with Gasteiger partial charge in [-0.2, -0.15) is 0 Å². The number of nitrogens with one attached hydrogen (secondary N) is 1. The number of fused-ring (bicyclic) bond motifs is 1. The van der Waals surface area contributed by atoms with Crippen molar-refractivity contribution in [1.29, 1.82) is 0 Å². The molecule has 1 saturated heterocycles. The molecule has 1 heterocycles. The van der Waals surface area contributed by atoms with E-state index in [4.69, 9.17) is 18.9 Å². The van der Waals surface area contributed by atoms with Gasteiger partial charge in [0, 0.05) is 37.3 Å². The topological polar surface area (TPSA) is 52.2 Å². The molecule has 0 bridgehead atoms. The third-order valence-corrected chi connectivity index (χ3v) is 6.83. The van der Waals surface area contributed by atoms with E-state index < -0.39 is 0 Å². The van der Waals surface area contributed by atoms with Crippen molar-refractivity contribution in [1.82, 2.24) is 5.32 Å². The third-order valence-electron chi connectivity index (χ3n) is 6.83. The average Bonchev–Trinajstić information content (AvgIpc) is 2.98. The highest BCUT2D eigenvalue weighted by Gasteiger charge is 2.23. The van der Waals surface area contributed by atoms with Gasteiger partial charge in [0.25, 0.3) is 0 Å². The lowest BCUT2D eigenvalue weighted by atomic mass is 10.1. The summed E-state index contributed by atoms with van der Waals surface area (Å²) in [4.78, 5) is 2.42. The lowest BCUT2D eigenvalue weighted by molar-refractivity contribution is 0.105. The van der Waals surface area contributed by atoms with Crippen LogP contribution in [0.1, 0.15) is 12.0 Å². The lowest BCUT2D eigenvalue weighted by Crippen LogP contribution is -2.54. The zero-order chi connectivity index (χ0) is 26.0. The largest absolute Gasteiger partial charge is 0.496 e. The molecule has 0 aliphatic carbocycles. The molecule has 0 saturated carbocycles. The van der Waals surface area contributed by atoms with E-state index in [1.165, 1.54) is 16.5 Å². The highest BCUT2D eigenvalue weighted by Crippen LogP contribution is 2.25. The van der Waals surface area contributed by atoms with Gasteiger partial charge >= 0.3 is 0 Å². The Morgan fingerprint density at radius 3 is 2.47 bits per heavy atom. The summed E-state index contributed by atoms with van der Waals surface area (Å²) in [5.74, 6) is 2.64. The average molecular weight is 513 g/mol. The van der Waals surface area contributed by atoms with Crippen molar-refractivity contribution in [3.8, 4) is 17.2 Å². The van der Waals surface area contributed by atoms with Gasteiger partial charge in [-0.1, -0.05) is 48.5 Å². The molecular weight excluding hydrogens is 476 g/mol. The van der Waals surface area contributed by atoms with Crippen LogP contribution in [0.2, 0.25) is 0 Å². The SMILES string of the molecule is COc1ccccc1COCCCOc1ccc(N2CCNC[C@@H]2COc2ccc3ccccc3c2)cc1. The third kappa shape index (κ3) is 6.77. The minimum atomic E-state index is 0.252. The Bertz CT molecular complexity index is 1290. The van der Waals surface area contributed by atoms with Crippen LogP contribution in [0.4, 0.5) is 5.69 Å². The first-order valence-electron chi connectivity index (χ1n) is 13.3. The molecule has 0 aromatic heterocycles. The van der Waals surface area contributed by atoms with Crippen molar-refractivity contribution in [2.45, 2.75) is 19.1 Å². The molecule has 1 atom stereocenters. The Balaban J connectivity index is 1.08. The van der Waals surface area contributed by atoms with Crippen molar-refractivity contribution in [3.63, 3.8) is 0 Å². The summed E-state index contributed by atoms with van der Waals surface area (Å²) in [5.41, 5.74) is 2.24. The number of piperazine rings is 1. The Kier molecular flexibility index (Phi) is 8.98. The normalized spacial score (nSPS) is 15.4. The van der Waals surface area contributed by atoms with Crippen molar-refractivity contribution in [2.24, 2.45) is 0 Å². The van der Waals surface area contributed by atoms with Gasteiger partial charge in [-0.05, 0) is 53.2 Å². The van der Waals surface area contributed by atoms with E-state index in [1.807, 2.05) is 36.4 Å². The molecule has 0 radical (unpaired) electrons. The molecule has 0 unspecified atom stereocenters. The maximum Gasteiger partial charge on any atom is 0.124 e. The maximum atomic E-state index is 6.23. The molecule has 5 rings (SSSR count). The number of methoxy groups -OCH3 is 1. The number of para-hydroxylation sites is 1. The van der Waals surface area contributed by atoms with Gasteiger partial charge in [-0.3, -0.25) is 0 Å². The van der Waals surface area contributed by atoms with Crippen LogP contribution in [0.5, 0.6) is 17.2 Å². The van der Waals surface area contributed by atoms with Gasteiger partial charge in [-0.25, -0.2) is 0 Å². The van der Waals surface area contributed by atoms with Gasteiger partial charge in [-0.15, -0.1) is 0 Å². The molecule has 4 aromatic rings. The first kappa shape index (κ1) is 25.9. The number of anilines is 1. The fourth-order valence-corrected chi connectivity index (χ4v) is 4.79. The molecule has 1 N–H and O–H groups in total. The van der Waals surface area contributed by atoms with Crippen molar-refractivity contribution in [2.75, 3.05) is 51.5 Å². The van der Waals surface area contributed by atoms with E-state index in [9.17, 15) is 0 Å². The maximum absolute atomic E-state index is 6.23. The molecule has 1 aliphatic rings. The molecule has 1 fully saturated rings. The first-order valence-corrected chi connectivity index (χ1v) is 13.3. The van der Waals surface area contributed by atoms with Crippen LogP contribution in [-0.2, 0) is 11.3 Å². The van der Waals surface area contributed by atoms with Gasteiger partial charge < -0.3 is 29.2 Å². The van der Waals surface area contributed by atoms with Crippen LogP contribution in [0, 0.1) is 0 Å². The van der Waals surface area contributed by atoms with Crippen LogP contribution in [0.25, 0.3) is 10.8 Å². The van der Waals surface area contributed by atoms with Crippen molar-refractivity contribution in [3.05, 3.63) is 96.6 Å². The summed E-state index contributed by atoms with van der Waals surface area (Å²) < 4.78 is 23.4. The summed E-state index contributed by atoms with van der Waals surface area (Å²) in [6, 6.07) is 31.2. The van der Waals surface area contributed by atoms with Crippen LogP contribution in [0.15, 0.2) is 91.0 Å². The summed E-state index contributed by atoms with van der Waals surface area (Å²) in [5, 5.41) is 5.93. The second-order valence-electron chi connectivity index (χ2n) is 9.43. The van der Waals surface area contributed by atoms with E-state index in [0.29, 0.717) is 26.4 Å². The number of nitrogens with zero attached hydrogens (tertiary/aromatic N) is 1. The quantitative estimate of drug-likeness (QED) is 0.246. The minimum Gasteiger partial charge on any atom is -0.496 e. The van der Waals surface area contributed by atoms with Crippen molar-refractivity contribution >= 4 is 16.5 Å². The minimum absolute atomic E-state index is 0.252. The lowest BCUT2D eigenvalue weighted by Gasteiger charge is -2.37. The monoisotopic (exact) mass is 512 g/mol. The Morgan fingerprint density at radius 2 is 1.61 bits per heavy atom. The predicted molar refractivity (Wildman–Crippen MR) is 153 cm³/mol. The molecule has 6 nitrogen and oxygen atoms in total. The van der Waals surface area contributed by atoms with Crippen LogP contribution < -0.4 is 24.4 Å². The summed E-state index contributed by atoms with van der Waals surface area (Å²) in [7, 11) is 1.68. The highest BCUT2D eigenvalue weighted by atomic mass is 16.5. The fourth-order valence-electron chi connectivity index (χ4n) is 4.79. The first-order chi connectivity index (χ1) is 18.8. The summed E-state index contributed by atoms with van der Waals surface area (Å²) >= 11 is 0. The van der Waals surface area contributed by atoms with Gasteiger partial charge in [0.2, 0.25) is 0 Å². The number of hydrogen-bond donors (Lipinski definition) is 1. The Labute approximate surface area is 225 Å². The zero-order valence-corrected chi connectivity index (χ0v) is 22.0. The molecular formula is C32H36N2O4. The summed E-state index contributed by atoms with van der Waals surface area (Å²) in [6.07, 6.45) is 0.822. The van der Waals surface area contributed by atoms with Gasteiger partial charge in [0.1, 0.15) is 23.9 Å². The molecule has 198 valence electrons. The molecule has 1 aliphatic heterocycles. The van der Waals surface area contributed by atoms with E-state index in [0.717, 1.165) is 48.9 Å². The van der Waals surface area contributed by atoms with Gasteiger partial charge in [0.05, 0.1) is 33.0 Å². The van der Waals surface area contributed by atoms with E-state index in [2.05, 4.69) is 64.8 Å². The molecule has 38 heavy (non-hydrogen) atoms. The molecule has 6 heteroatoms. The van der Waals surface area contributed by atoms with E-state index in [-0.39, 0.29) is 6.04 Å². The smallest absolute Gasteiger partial charge is 0.124 e. The predicted octanol–water partition coefficient (Wildman–Crippen LogP) is 5.69. The van der Waals surface area contributed by atoms with Crippen molar-refractivity contribution < 1.29 is 18.9 Å². The zero-order valence-electron chi connectivity index (χ0n) is 22.0.